The topological polar surface area (TPSA) is 18.5 Å². The monoisotopic (exact) mass is 287 g/mol. The second-order valence-corrected chi connectivity index (χ2v) is 6.59. The third-order valence-corrected chi connectivity index (χ3v) is 5.06. The molecule has 3 heteroatoms. The summed E-state index contributed by atoms with van der Waals surface area (Å²) in [6, 6.07) is 7.51. The van der Waals surface area contributed by atoms with E-state index in [2.05, 4.69) is 47.3 Å². The zero-order valence-electron chi connectivity index (χ0n) is 13.6. The summed E-state index contributed by atoms with van der Waals surface area (Å²) < 4.78 is 0. The molecule has 1 fully saturated rings. The summed E-state index contributed by atoms with van der Waals surface area (Å²) in [6.07, 6.45) is 5.24. The van der Waals surface area contributed by atoms with Gasteiger partial charge in [-0.2, -0.15) is 0 Å². The predicted molar refractivity (Wildman–Crippen MR) is 89.9 cm³/mol. The van der Waals surface area contributed by atoms with Gasteiger partial charge < -0.3 is 10.2 Å². The average molecular weight is 287 g/mol. The molecular weight excluding hydrogens is 258 g/mol. The van der Waals surface area contributed by atoms with Crippen LogP contribution in [0.15, 0.2) is 18.2 Å². The summed E-state index contributed by atoms with van der Waals surface area (Å²) in [5, 5.41) is 3.54. The van der Waals surface area contributed by atoms with Gasteiger partial charge in [0.1, 0.15) is 0 Å². The Labute approximate surface area is 129 Å². The van der Waals surface area contributed by atoms with Crippen LogP contribution in [0.2, 0.25) is 0 Å². The fraction of sp³-hybridized carbons (Fsp3) is 0.667. The molecule has 21 heavy (non-hydrogen) atoms. The highest BCUT2D eigenvalue weighted by Gasteiger charge is 2.24. The molecule has 1 atom stereocenters. The zero-order chi connectivity index (χ0) is 14.7. The van der Waals surface area contributed by atoms with Crippen molar-refractivity contribution < 1.29 is 0 Å². The van der Waals surface area contributed by atoms with Crippen LogP contribution in [-0.2, 0) is 13.0 Å². The highest BCUT2D eigenvalue weighted by Crippen LogP contribution is 2.26. The summed E-state index contributed by atoms with van der Waals surface area (Å²) in [6.45, 7) is 8.18. The Balaban J connectivity index is 1.63. The van der Waals surface area contributed by atoms with Crippen molar-refractivity contribution in [3.8, 4) is 0 Å². The molecule has 0 radical (unpaired) electrons. The van der Waals surface area contributed by atoms with Crippen molar-refractivity contribution in [2.75, 3.05) is 38.5 Å². The number of likely N-dealkylation sites (tertiary alicyclic amines) is 1. The van der Waals surface area contributed by atoms with E-state index in [1.165, 1.54) is 56.6 Å². The lowest BCUT2D eigenvalue weighted by molar-refractivity contribution is 0.194. The summed E-state index contributed by atoms with van der Waals surface area (Å²) >= 11 is 0. The largest absolute Gasteiger partial charge is 0.385 e. The normalized spacial score (nSPS) is 22.3. The molecule has 0 saturated carbocycles. The quantitative estimate of drug-likeness (QED) is 0.898. The molecular formula is C18H29N3. The van der Waals surface area contributed by atoms with Gasteiger partial charge >= 0.3 is 0 Å². The highest BCUT2D eigenvalue weighted by molar-refractivity contribution is 5.56. The summed E-state index contributed by atoms with van der Waals surface area (Å²) in [5.74, 6) is 0. The van der Waals surface area contributed by atoms with Gasteiger partial charge in [0, 0.05) is 31.4 Å². The fourth-order valence-corrected chi connectivity index (χ4v) is 3.97. The Morgan fingerprint density at radius 3 is 3.10 bits per heavy atom. The van der Waals surface area contributed by atoms with Gasteiger partial charge in [-0.3, -0.25) is 4.90 Å². The Morgan fingerprint density at radius 2 is 2.24 bits per heavy atom. The van der Waals surface area contributed by atoms with Crippen molar-refractivity contribution in [3.63, 3.8) is 0 Å². The zero-order valence-corrected chi connectivity index (χ0v) is 13.6. The number of likely N-dealkylation sites (N-methyl/N-ethyl adjacent to an activating group) is 2. The molecule has 2 heterocycles. The van der Waals surface area contributed by atoms with E-state index in [-0.39, 0.29) is 0 Å². The number of benzene rings is 1. The van der Waals surface area contributed by atoms with Gasteiger partial charge in [-0.15, -0.1) is 0 Å². The van der Waals surface area contributed by atoms with Crippen molar-refractivity contribution in [1.29, 1.82) is 0 Å². The van der Waals surface area contributed by atoms with Gasteiger partial charge in [0.2, 0.25) is 0 Å². The molecule has 2 aliphatic rings. The maximum absolute atomic E-state index is 3.54. The van der Waals surface area contributed by atoms with E-state index in [0.717, 1.165) is 19.1 Å². The van der Waals surface area contributed by atoms with Crippen molar-refractivity contribution in [1.82, 2.24) is 9.80 Å². The molecule has 0 aliphatic carbocycles. The van der Waals surface area contributed by atoms with Crippen LogP contribution in [0.25, 0.3) is 0 Å². The minimum atomic E-state index is 0.762. The van der Waals surface area contributed by atoms with Crippen LogP contribution in [0.4, 0.5) is 5.69 Å². The molecule has 1 unspecified atom stereocenters. The molecule has 116 valence electrons. The average Bonchev–Trinajstić information content (AvgIpc) is 2.94. The first-order valence-electron chi connectivity index (χ1n) is 8.55. The Bertz CT molecular complexity index is 472. The SMILES string of the molecule is CCN1CCCC1CN(C)Cc1cccc2c1CCCN2. The van der Waals surface area contributed by atoms with E-state index in [1.54, 1.807) is 5.56 Å². The molecule has 1 N–H and O–H groups in total. The third-order valence-electron chi connectivity index (χ3n) is 5.06. The van der Waals surface area contributed by atoms with Crippen LogP contribution >= 0.6 is 0 Å². The van der Waals surface area contributed by atoms with Crippen molar-refractivity contribution >= 4 is 5.69 Å². The molecule has 1 aromatic rings. The third kappa shape index (κ3) is 3.41. The second-order valence-electron chi connectivity index (χ2n) is 6.59. The lowest BCUT2D eigenvalue weighted by Gasteiger charge is -2.29. The standard InChI is InChI=1S/C18H29N3/c1-3-21-12-6-8-16(21)14-20(2)13-15-7-4-10-18-17(15)9-5-11-19-18/h4,7,10,16,19H,3,5-6,8-9,11-14H2,1-2H3. The maximum atomic E-state index is 3.54. The number of hydrogen-bond donors (Lipinski definition) is 1. The van der Waals surface area contributed by atoms with E-state index < -0.39 is 0 Å². The smallest absolute Gasteiger partial charge is 0.0375 e. The van der Waals surface area contributed by atoms with E-state index in [1.807, 2.05) is 0 Å². The van der Waals surface area contributed by atoms with Gasteiger partial charge in [-0.05, 0) is 63.0 Å². The Hall–Kier alpha value is -1.06. The highest BCUT2D eigenvalue weighted by atomic mass is 15.2. The summed E-state index contributed by atoms with van der Waals surface area (Å²) in [4.78, 5) is 5.15. The minimum absolute atomic E-state index is 0.762. The van der Waals surface area contributed by atoms with Gasteiger partial charge in [-0.1, -0.05) is 19.1 Å². The van der Waals surface area contributed by atoms with Crippen molar-refractivity contribution in [3.05, 3.63) is 29.3 Å². The van der Waals surface area contributed by atoms with Crippen molar-refractivity contribution in [2.24, 2.45) is 0 Å². The molecule has 0 aromatic heterocycles. The lowest BCUT2D eigenvalue weighted by Crippen LogP contribution is -2.38. The van der Waals surface area contributed by atoms with Crippen LogP contribution in [-0.4, -0.2) is 49.1 Å². The van der Waals surface area contributed by atoms with E-state index in [9.17, 15) is 0 Å². The second kappa shape index (κ2) is 6.80. The first kappa shape index (κ1) is 14.9. The fourth-order valence-electron chi connectivity index (χ4n) is 3.97. The van der Waals surface area contributed by atoms with Crippen LogP contribution in [0.3, 0.4) is 0 Å². The van der Waals surface area contributed by atoms with Crippen LogP contribution in [0.1, 0.15) is 37.3 Å². The molecule has 3 rings (SSSR count). The molecule has 2 aliphatic heterocycles. The number of fused-ring (bicyclic) bond motifs is 1. The lowest BCUT2D eigenvalue weighted by atomic mass is 9.97. The predicted octanol–water partition coefficient (Wildman–Crippen LogP) is 2.96. The number of nitrogens with zero attached hydrogens (tertiary/aromatic N) is 2. The van der Waals surface area contributed by atoms with Crippen molar-refractivity contribution in [2.45, 2.75) is 45.2 Å². The Kier molecular flexibility index (Phi) is 4.81. The molecule has 1 saturated heterocycles. The van der Waals surface area contributed by atoms with Gasteiger partial charge in [0.05, 0.1) is 0 Å². The minimum Gasteiger partial charge on any atom is -0.385 e. The summed E-state index contributed by atoms with van der Waals surface area (Å²) in [5.41, 5.74) is 4.43. The number of hydrogen-bond acceptors (Lipinski definition) is 3. The molecule has 0 spiro atoms. The molecule has 0 amide bonds. The first-order valence-corrected chi connectivity index (χ1v) is 8.55. The van der Waals surface area contributed by atoms with Gasteiger partial charge in [0.25, 0.3) is 0 Å². The maximum Gasteiger partial charge on any atom is 0.0375 e. The van der Waals surface area contributed by atoms with E-state index in [4.69, 9.17) is 0 Å². The molecule has 1 aromatic carbocycles. The number of nitrogens with one attached hydrogen (secondary N) is 1. The molecule has 0 bridgehead atoms. The van der Waals surface area contributed by atoms with Gasteiger partial charge in [0.15, 0.2) is 0 Å². The van der Waals surface area contributed by atoms with Crippen LogP contribution in [0.5, 0.6) is 0 Å². The van der Waals surface area contributed by atoms with Crippen LogP contribution < -0.4 is 5.32 Å². The number of rotatable bonds is 5. The Morgan fingerprint density at radius 1 is 1.33 bits per heavy atom. The van der Waals surface area contributed by atoms with Crippen LogP contribution in [0, 0.1) is 0 Å². The number of anilines is 1. The summed E-state index contributed by atoms with van der Waals surface area (Å²) in [7, 11) is 2.28. The van der Waals surface area contributed by atoms with E-state index >= 15 is 0 Å². The van der Waals surface area contributed by atoms with E-state index in [0.29, 0.717) is 0 Å². The molecule has 3 nitrogen and oxygen atoms in total. The first-order chi connectivity index (χ1) is 10.3. The van der Waals surface area contributed by atoms with Gasteiger partial charge in [-0.25, -0.2) is 0 Å².